The molecule has 0 bridgehead atoms. The van der Waals surface area contributed by atoms with Crippen molar-refractivity contribution in [1.29, 1.82) is 0 Å². The van der Waals surface area contributed by atoms with Crippen molar-refractivity contribution in [3.05, 3.63) is 36.3 Å². The fraction of sp³-hybridized carbons (Fsp3) is 0.154. The first kappa shape index (κ1) is 11.5. The molecule has 96 valence electrons. The van der Waals surface area contributed by atoms with Crippen LogP contribution in [0.25, 0.3) is 11.0 Å². The Morgan fingerprint density at radius 2 is 1.89 bits per heavy atom. The summed E-state index contributed by atoms with van der Waals surface area (Å²) in [5, 5.41) is 10.3. The number of aryl methyl sites for hydroxylation is 1. The van der Waals surface area contributed by atoms with Crippen LogP contribution in [0.15, 0.2) is 30.6 Å². The second-order valence-electron chi connectivity index (χ2n) is 4.12. The van der Waals surface area contributed by atoms with E-state index in [2.05, 4.69) is 25.5 Å². The highest BCUT2D eigenvalue weighted by Crippen LogP contribution is 2.23. The Bertz CT molecular complexity index is 705. The summed E-state index contributed by atoms with van der Waals surface area (Å²) in [6, 6.07) is 7.62. The van der Waals surface area contributed by atoms with Gasteiger partial charge in [0, 0.05) is 5.69 Å². The number of fused-ring (bicyclic) bond motifs is 1. The Balaban J connectivity index is 1.96. The quantitative estimate of drug-likeness (QED) is 0.751. The summed E-state index contributed by atoms with van der Waals surface area (Å²) in [5.74, 6) is 1.49. The van der Waals surface area contributed by atoms with Crippen molar-refractivity contribution >= 4 is 22.5 Å². The van der Waals surface area contributed by atoms with Gasteiger partial charge in [0.05, 0.1) is 12.8 Å². The number of nitrogens with one attached hydrogen (secondary N) is 2. The van der Waals surface area contributed by atoms with Crippen LogP contribution in [-0.4, -0.2) is 27.3 Å². The van der Waals surface area contributed by atoms with Crippen molar-refractivity contribution in [1.82, 2.24) is 20.2 Å². The van der Waals surface area contributed by atoms with Crippen molar-refractivity contribution in [3.8, 4) is 5.75 Å². The molecule has 3 rings (SSSR count). The molecule has 6 nitrogen and oxygen atoms in total. The Morgan fingerprint density at radius 3 is 2.63 bits per heavy atom. The SMILES string of the molecule is COc1ccc(Nc2ncnc3c(C)[nH]nc23)cc1. The van der Waals surface area contributed by atoms with Gasteiger partial charge in [-0.2, -0.15) is 5.10 Å². The van der Waals surface area contributed by atoms with E-state index in [0.29, 0.717) is 5.82 Å². The summed E-state index contributed by atoms with van der Waals surface area (Å²) in [6.07, 6.45) is 1.52. The van der Waals surface area contributed by atoms with Gasteiger partial charge in [0.2, 0.25) is 0 Å². The molecule has 6 heteroatoms. The molecule has 0 atom stereocenters. The Labute approximate surface area is 109 Å². The topological polar surface area (TPSA) is 75.7 Å². The number of methoxy groups -OCH3 is 1. The lowest BCUT2D eigenvalue weighted by molar-refractivity contribution is 0.415. The highest BCUT2D eigenvalue weighted by atomic mass is 16.5. The lowest BCUT2D eigenvalue weighted by Crippen LogP contribution is -1.95. The molecule has 0 spiro atoms. The average molecular weight is 255 g/mol. The van der Waals surface area contributed by atoms with E-state index in [0.717, 1.165) is 28.2 Å². The molecule has 0 saturated carbocycles. The number of aromatic amines is 1. The zero-order chi connectivity index (χ0) is 13.2. The Hall–Kier alpha value is -2.63. The molecule has 0 aliphatic rings. The average Bonchev–Trinajstić information content (AvgIpc) is 2.83. The van der Waals surface area contributed by atoms with E-state index in [1.54, 1.807) is 7.11 Å². The van der Waals surface area contributed by atoms with Gasteiger partial charge >= 0.3 is 0 Å². The van der Waals surface area contributed by atoms with Crippen LogP contribution in [-0.2, 0) is 0 Å². The summed E-state index contributed by atoms with van der Waals surface area (Å²) in [4.78, 5) is 8.43. The van der Waals surface area contributed by atoms with Crippen molar-refractivity contribution in [2.45, 2.75) is 6.92 Å². The summed E-state index contributed by atoms with van der Waals surface area (Å²) in [6.45, 7) is 1.93. The van der Waals surface area contributed by atoms with E-state index in [1.807, 2.05) is 31.2 Å². The van der Waals surface area contributed by atoms with E-state index in [9.17, 15) is 0 Å². The van der Waals surface area contributed by atoms with Gasteiger partial charge in [0.25, 0.3) is 0 Å². The lowest BCUT2D eigenvalue weighted by Gasteiger charge is -2.06. The molecule has 0 radical (unpaired) electrons. The van der Waals surface area contributed by atoms with Gasteiger partial charge in [-0.05, 0) is 31.2 Å². The predicted octanol–water partition coefficient (Wildman–Crippen LogP) is 2.41. The lowest BCUT2D eigenvalue weighted by atomic mass is 10.3. The van der Waals surface area contributed by atoms with Gasteiger partial charge in [-0.3, -0.25) is 5.10 Å². The molecule has 2 aromatic heterocycles. The molecule has 0 saturated heterocycles. The minimum absolute atomic E-state index is 0.680. The number of rotatable bonds is 3. The van der Waals surface area contributed by atoms with Crippen LogP contribution in [0.2, 0.25) is 0 Å². The number of aromatic nitrogens is 4. The van der Waals surface area contributed by atoms with E-state index in [1.165, 1.54) is 6.33 Å². The van der Waals surface area contributed by atoms with Crippen molar-refractivity contribution in [2.24, 2.45) is 0 Å². The maximum atomic E-state index is 5.12. The van der Waals surface area contributed by atoms with Crippen LogP contribution in [0.3, 0.4) is 0 Å². The highest BCUT2D eigenvalue weighted by Gasteiger charge is 2.09. The van der Waals surface area contributed by atoms with Crippen molar-refractivity contribution in [3.63, 3.8) is 0 Å². The van der Waals surface area contributed by atoms with Crippen LogP contribution >= 0.6 is 0 Å². The zero-order valence-electron chi connectivity index (χ0n) is 10.6. The predicted molar refractivity (Wildman–Crippen MR) is 72.7 cm³/mol. The number of nitrogens with zero attached hydrogens (tertiary/aromatic N) is 3. The number of anilines is 2. The first-order chi connectivity index (χ1) is 9.28. The fourth-order valence-electron chi connectivity index (χ4n) is 1.85. The Kier molecular flexibility index (Phi) is 2.75. The summed E-state index contributed by atoms with van der Waals surface area (Å²) < 4.78 is 5.12. The number of hydrogen-bond donors (Lipinski definition) is 2. The molecular formula is C13H13N5O. The molecule has 2 heterocycles. The molecular weight excluding hydrogens is 242 g/mol. The molecule has 0 aliphatic carbocycles. The first-order valence-electron chi connectivity index (χ1n) is 5.84. The van der Waals surface area contributed by atoms with Crippen LogP contribution in [0, 0.1) is 6.92 Å². The zero-order valence-corrected chi connectivity index (χ0v) is 10.6. The smallest absolute Gasteiger partial charge is 0.162 e. The van der Waals surface area contributed by atoms with Gasteiger partial charge in [-0.25, -0.2) is 9.97 Å². The Morgan fingerprint density at radius 1 is 1.11 bits per heavy atom. The highest BCUT2D eigenvalue weighted by molar-refractivity contribution is 5.88. The van der Waals surface area contributed by atoms with Gasteiger partial charge < -0.3 is 10.1 Å². The molecule has 1 aromatic carbocycles. The van der Waals surface area contributed by atoms with Crippen molar-refractivity contribution in [2.75, 3.05) is 12.4 Å². The van der Waals surface area contributed by atoms with Gasteiger partial charge in [0.1, 0.15) is 17.6 Å². The third-order valence-corrected chi connectivity index (χ3v) is 2.87. The summed E-state index contributed by atoms with van der Waals surface area (Å²) >= 11 is 0. The summed E-state index contributed by atoms with van der Waals surface area (Å²) in [5.41, 5.74) is 3.40. The number of ether oxygens (including phenoxy) is 1. The van der Waals surface area contributed by atoms with Gasteiger partial charge in [0.15, 0.2) is 11.3 Å². The molecule has 3 aromatic rings. The first-order valence-corrected chi connectivity index (χ1v) is 5.84. The third-order valence-electron chi connectivity index (χ3n) is 2.87. The minimum Gasteiger partial charge on any atom is -0.497 e. The number of H-pyrrole nitrogens is 1. The number of benzene rings is 1. The molecule has 0 fully saturated rings. The van der Waals surface area contributed by atoms with E-state index < -0.39 is 0 Å². The standard InChI is InChI=1S/C13H13N5O/c1-8-11-12(18-17-8)13(15-7-14-11)16-9-3-5-10(19-2)6-4-9/h3-7H,1-2H3,(H,17,18)(H,14,15,16). The van der Waals surface area contributed by atoms with E-state index in [-0.39, 0.29) is 0 Å². The maximum absolute atomic E-state index is 5.12. The summed E-state index contributed by atoms with van der Waals surface area (Å²) in [7, 11) is 1.64. The molecule has 2 N–H and O–H groups in total. The monoisotopic (exact) mass is 255 g/mol. The second kappa shape index (κ2) is 4.56. The van der Waals surface area contributed by atoms with Crippen LogP contribution < -0.4 is 10.1 Å². The third kappa shape index (κ3) is 2.08. The van der Waals surface area contributed by atoms with E-state index >= 15 is 0 Å². The normalized spacial score (nSPS) is 10.6. The maximum Gasteiger partial charge on any atom is 0.162 e. The fourth-order valence-corrected chi connectivity index (χ4v) is 1.85. The molecule has 0 aliphatic heterocycles. The minimum atomic E-state index is 0.680. The largest absolute Gasteiger partial charge is 0.497 e. The van der Waals surface area contributed by atoms with Crippen LogP contribution in [0.4, 0.5) is 11.5 Å². The molecule has 0 amide bonds. The second-order valence-corrected chi connectivity index (χ2v) is 4.12. The van der Waals surface area contributed by atoms with Crippen LogP contribution in [0.5, 0.6) is 5.75 Å². The van der Waals surface area contributed by atoms with E-state index in [4.69, 9.17) is 4.74 Å². The molecule has 19 heavy (non-hydrogen) atoms. The molecule has 0 unspecified atom stereocenters. The van der Waals surface area contributed by atoms with Gasteiger partial charge in [-0.15, -0.1) is 0 Å². The van der Waals surface area contributed by atoms with Crippen LogP contribution in [0.1, 0.15) is 5.69 Å². The van der Waals surface area contributed by atoms with Crippen molar-refractivity contribution < 1.29 is 4.74 Å². The van der Waals surface area contributed by atoms with Gasteiger partial charge in [-0.1, -0.05) is 0 Å². The number of hydrogen-bond acceptors (Lipinski definition) is 5.